The topological polar surface area (TPSA) is 75.0 Å². The summed E-state index contributed by atoms with van der Waals surface area (Å²) in [6.45, 7) is 1.46. The van der Waals surface area contributed by atoms with Gasteiger partial charge in [0, 0.05) is 11.7 Å². The molecule has 0 aliphatic heterocycles. The van der Waals surface area contributed by atoms with E-state index in [0.29, 0.717) is 11.8 Å². The number of nitrogens with zero attached hydrogens (tertiary/aromatic N) is 1. The molecule has 1 fully saturated rings. The van der Waals surface area contributed by atoms with Gasteiger partial charge in [0.25, 0.3) is 0 Å². The fourth-order valence-electron chi connectivity index (χ4n) is 2.51. The van der Waals surface area contributed by atoms with E-state index in [2.05, 4.69) is 0 Å². The summed E-state index contributed by atoms with van der Waals surface area (Å²) in [6, 6.07) is 7.16. The van der Waals surface area contributed by atoms with Crippen LogP contribution in [-0.2, 0) is 14.6 Å². The number of hydrogen-bond acceptors (Lipinski definition) is 4. The van der Waals surface area contributed by atoms with E-state index in [1.807, 2.05) is 0 Å². The van der Waals surface area contributed by atoms with Crippen LogP contribution in [0.5, 0.6) is 0 Å². The first-order chi connectivity index (χ1) is 8.93. The lowest BCUT2D eigenvalue weighted by Gasteiger charge is -2.00. The minimum atomic E-state index is -3.54. The minimum absolute atomic E-state index is 0.152. The van der Waals surface area contributed by atoms with E-state index < -0.39 is 32.2 Å². The third kappa shape index (κ3) is 1.94. The van der Waals surface area contributed by atoms with Crippen LogP contribution in [0.1, 0.15) is 18.4 Å². The molecule has 0 spiro atoms. The predicted octanol–water partition coefficient (Wildman–Crippen LogP) is 1.44. The van der Waals surface area contributed by atoms with Crippen molar-refractivity contribution in [2.45, 2.75) is 18.1 Å². The maximum Gasteiger partial charge on any atom is 0.155 e. The van der Waals surface area contributed by atoms with E-state index in [0.717, 1.165) is 0 Å². The molecule has 1 aromatic carbocycles. The molecule has 1 aliphatic carbocycles. The molecule has 0 radical (unpaired) electrons. The molecule has 0 bridgehead atoms. The molecule has 19 heavy (non-hydrogen) atoms. The minimum Gasteiger partial charge on any atom is -0.302 e. The van der Waals surface area contributed by atoms with E-state index in [-0.39, 0.29) is 5.75 Å². The number of halogens is 1. The van der Waals surface area contributed by atoms with E-state index in [1.165, 1.54) is 31.2 Å². The van der Waals surface area contributed by atoms with E-state index in [9.17, 15) is 17.6 Å². The first kappa shape index (κ1) is 13.7. The van der Waals surface area contributed by atoms with Crippen molar-refractivity contribution in [3.05, 3.63) is 35.6 Å². The Labute approximate surface area is 110 Å². The Morgan fingerprint density at radius 1 is 1.53 bits per heavy atom. The highest BCUT2D eigenvalue weighted by molar-refractivity contribution is 7.92. The second-order valence-electron chi connectivity index (χ2n) is 4.57. The maximum absolute atomic E-state index is 13.2. The summed E-state index contributed by atoms with van der Waals surface area (Å²) in [4.78, 5) is 11.2. The van der Waals surface area contributed by atoms with Crippen LogP contribution in [0.2, 0.25) is 0 Å². The zero-order valence-electron chi connectivity index (χ0n) is 10.2. The molecule has 2 rings (SSSR count). The number of carbonyl (C=O) groups is 1. The van der Waals surface area contributed by atoms with Crippen molar-refractivity contribution in [3.8, 4) is 6.07 Å². The lowest BCUT2D eigenvalue weighted by Crippen LogP contribution is -2.17. The molecule has 0 unspecified atom stereocenters. The van der Waals surface area contributed by atoms with Crippen LogP contribution < -0.4 is 0 Å². The van der Waals surface area contributed by atoms with Crippen molar-refractivity contribution in [1.29, 1.82) is 5.26 Å². The molecule has 0 aromatic heterocycles. The highest BCUT2D eigenvalue weighted by Gasteiger charge is 2.72. The van der Waals surface area contributed by atoms with Crippen LogP contribution in [-0.4, -0.2) is 25.7 Å². The van der Waals surface area contributed by atoms with Crippen LogP contribution in [0.25, 0.3) is 0 Å². The van der Waals surface area contributed by atoms with Gasteiger partial charge < -0.3 is 4.79 Å². The molecular formula is C13H12FNO3S. The van der Waals surface area contributed by atoms with Crippen LogP contribution in [0.3, 0.4) is 0 Å². The fraction of sp³-hybridized carbons (Fsp3) is 0.385. The largest absolute Gasteiger partial charge is 0.302 e. The van der Waals surface area contributed by atoms with Gasteiger partial charge in [0.1, 0.15) is 17.5 Å². The Bertz CT molecular complexity index is 665. The highest BCUT2D eigenvalue weighted by atomic mass is 32.2. The fourth-order valence-corrected chi connectivity index (χ4v) is 4.44. The Morgan fingerprint density at radius 2 is 2.21 bits per heavy atom. The Balaban J connectivity index is 2.52. The Hall–Kier alpha value is -1.74. The monoisotopic (exact) mass is 281 g/mol. The summed E-state index contributed by atoms with van der Waals surface area (Å²) >= 11 is 0. The van der Waals surface area contributed by atoms with E-state index >= 15 is 0 Å². The van der Waals surface area contributed by atoms with Crippen molar-refractivity contribution in [2.24, 2.45) is 5.41 Å². The molecule has 4 nitrogen and oxygen atoms in total. The summed E-state index contributed by atoms with van der Waals surface area (Å²) in [7, 11) is -3.54. The number of nitriles is 1. The zero-order valence-corrected chi connectivity index (χ0v) is 11.0. The summed E-state index contributed by atoms with van der Waals surface area (Å²) < 4.78 is 37.1. The van der Waals surface area contributed by atoms with E-state index in [1.54, 1.807) is 6.07 Å². The van der Waals surface area contributed by atoms with Crippen molar-refractivity contribution >= 4 is 16.1 Å². The molecule has 1 aromatic rings. The zero-order chi connectivity index (χ0) is 14.3. The molecular weight excluding hydrogens is 269 g/mol. The molecule has 0 amide bonds. The summed E-state index contributed by atoms with van der Waals surface area (Å²) in [5.74, 6) is -1.45. The van der Waals surface area contributed by atoms with Crippen LogP contribution >= 0.6 is 0 Å². The molecule has 0 heterocycles. The average Bonchev–Trinajstić information content (AvgIpc) is 3.09. The molecule has 1 aliphatic rings. The van der Waals surface area contributed by atoms with Crippen molar-refractivity contribution < 1.29 is 17.6 Å². The molecule has 6 heteroatoms. The van der Waals surface area contributed by atoms with Gasteiger partial charge in [-0.1, -0.05) is 19.1 Å². The number of hydrogen-bond donors (Lipinski definition) is 0. The third-order valence-corrected chi connectivity index (χ3v) is 5.81. The number of benzene rings is 1. The molecule has 0 N–H and O–H groups in total. The highest BCUT2D eigenvalue weighted by Crippen LogP contribution is 2.61. The van der Waals surface area contributed by atoms with Gasteiger partial charge in [-0.05, 0) is 17.7 Å². The Kier molecular flexibility index (Phi) is 3.19. The van der Waals surface area contributed by atoms with Gasteiger partial charge in [-0.15, -0.1) is 0 Å². The number of carbonyl (C=O) groups excluding carboxylic acids is 1. The van der Waals surface area contributed by atoms with Crippen LogP contribution in [0.15, 0.2) is 24.3 Å². The normalized spacial score (nSPS) is 29.5. The number of aldehydes is 1. The van der Waals surface area contributed by atoms with Crippen molar-refractivity contribution in [1.82, 2.24) is 0 Å². The SMILES string of the molecule is CCS(=O)(=O)[C@@H]1[C@@H](c2cccc(F)c2)[C@@]1(C#N)C=O. The average molecular weight is 281 g/mol. The van der Waals surface area contributed by atoms with Crippen molar-refractivity contribution in [3.63, 3.8) is 0 Å². The molecule has 100 valence electrons. The molecule has 0 saturated heterocycles. The van der Waals surface area contributed by atoms with Gasteiger partial charge in [-0.3, -0.25) is 0 Å². The summed E-state index contributed by atoms with van der Waals surface area (Å²) in [5, 5.41) is 8.07. The summed E-state index contributed by atoms with van der Waals surface area (Å²) in [5.41, 5.74) is -1.21. The number of sulfone groups is 1. The van der Waals surface area contributed by atoms with Gasteiger partial charge in [0.2, 0.25) is 0 Å². The van der Waals surface area contributed by atoms with Gasteiger partial charge in [0.05, 0.1) is 11.3 Å². The van der Waals surface area contributed by atoms with Gasteiger partial charge in [-0.25, -0.2) is 12.8 Å². The Morgan fingerprint density at radius 3 is 2.68 bits per heavy atom. The maximum atomic E-state index is 13.2. The van der Waals surface area contributed by atoms with Crippen molar-refractivity contribution in [2.75, 3.05) is 5.75 Å². The summed E-state index contributed by atoms with van der Waals surface area (Å²) in [6.07, 6.45) is 0.375. The van der Waals surface area contributed by atoms with E-state index in [4.69, 9.17) is 5.26 Å². The van der Waals surface area contributed by atoms with Crippen LogP contribution in [0.4, 0.5) is 4.39 Å². The predicted molar refractivity (Wildman–Crippen MR) is 66.5 cm³/mol. The first-order valence-electron chi connectivity index (χ1n) is 5.77. The second-order valence-corrected chi connectivity index (χ2v) is 6.98. The first-order valence-corrected chi connectivity index (χ1v) is 7.49. The second kappa shape index (κ2) is 4.42. The van der Waals surface area contributed by atoms with Gasteiger partial charge in [0.15, 0.2) is 9.84 Å². The number of rotatable bonds is 4. The van der Waals surface area contributed by atoms with Gasteiger partial charge in [-0.2, -0.15) is 5.26 Å². The molecule has 1 saturated carbocycles. The lowest BCUT2D eigenvalue weighted by molar-refractivity contribution is -0.110. The standard InChI is InChI=1S/C13H12FNO3S/c1-2-19(17,18)12-11(13(12,7-15)8-16)9-4-3-5-10(14)6-9/h3-6,8,11-12H,2H2,1H3/t11-,12-,13-/m1/s1. The third-order valence-electron chi connectivity index (χ3n) is 3.56. The quantitative estimate of drug-likeness (QED) is 0.782. The smallest absolute Gasteiger partial charge is 0.155 e. The molecule has 3 atom stereocenters. The van der Waals surface area contributed by atoms with Crippen LogP contribution in [0, 0.1) is 22.6 Å². The lowest BCUT2D eigenvalue weighted by atomic mass is 10.0. The van der Waals surface area contributed by atoms with Gasteiger partial charge >= 0.3 is 0 Å².